The number of benzene rings is 2. The molecule has 0 unspecified atom stereocenters. The standard InChI is InChI=1S/C19H22N8O2/c1-12(14-4-8-16(9-5-14)27(28)29)26(19-24-17(21)23-18(22)25-19)11-10-13-2-6-15(20)7-3-13/h2-9,12H,10-11,20H2,1H3,(H4,21,22,23,24,25)/t12-/m0/s1. The molecule has 0 spiro atoms. The molecule has 10 heteroatoms. The number of hydrogen-bond donors (Lipinski definition) is 3. The first-order chi connectivity index (χ1) is 13.8. The van der Waals surface area contributed by atoms with Gasteiger partial charge in [-0.1, -0.05) is 24.3 Å². The largest absolute Gasteiger partial charge is 0.399 e. The number of aromatic nitrogens is 3. The van der Waals surface area contributed by atoms with Gasteiger partial charge in [0.1, 0.15) is 0 Å². The van der Waals surface area contributed by atoms with Gasteiger partial charge in [0.25, 0.3) is 5.69 Å². The van der Waals surface area contributed by atoms with E-state index >= 15 is 0 Å². The molecule has 3 rings (SSSR count). The number of nitro benzene ring substituents is 1. The average molecular weight is 394 g/mol. The summed E-state index contributed by atoms with van der Waals surface area (Å²) in [6.45, 7) is 2.52. The van der Waals surface area contributed by atoms with Crippen LogP contribution >= 0.6 is 0 Å². The Kier molecular flexibility index (Phi) is 5.72. The van der Waals surface area contributed by atoms with Crippen molar-refractivity contribution < 1.29 is 4.92 Å². The summed E-state index contributed by atoms with van der Waals surface area (Å²) in [5.41, 5.74) is 19.9. The molecule has 0 saturated carbocycles. The molecule has 0 bridgehead atoms. The van der Waals surface area contributed by atoms with Crippen molar-refractivity contribution in [2.75, 3.05) is 28.6 Å². The van der Waals surface area contributed by atoms with Gasteiger partial charge in [-0.25, -0.2) is 0 Å². The minimum atomic E-state index is -0.430. The van der Waals surface area contributed by atoms with Crippen molar-refractivity contribution >= 4 is 29.2 Å². The van der Waals surface area contributed by atoms with Crippen molar-refractivity contribution in [1.82, 2.24) is 15.0 Å². The van der Waals surface area contributed by atoms with Crippen LogP contribution in [0.3, 0.4) is 0 Å². The number of rotatable bonds is 7. The third-order valence-electron chi connectivity index (χ3n) is 4.59. The second-order valence-electron chi connectivity index (χ2n) is 6.56. The number of nitro groups is 1. The second kappa shape index (κ2) is 8.38. The monoisotopic (exact) mass is 394 g/mol. The molecule has 0 radical (unpaired) electrons. The van der Waals surface area contributed by atoms with Gasteiger partial charge in [0, 0.05) is 24.4 Å². The van der Waals surface area contributed by atoms with E-state index in [1.807, 2.05) is 36.1 Å². The highest BCUT2D eigenvalue weighted by Crippen LogP contribution is 2.27. The maximum Gasteiger partial charge on any atom is 0.269 e. The lowest BCUT2D eigenvalue weighted by Crippen LogP contribution is -2.31. The Bertz CT molecular complexity index is 972. The van der Waals surface area contributed by atoms with E-state index in [9.17, 15) is 10.1 Å². The maximum absolute atomic E-state index is 10.9. The molecule has 0 fully saturated rings. The number of non-ortho nitro benzene ring substituents is 1. The fraction of sp³-hybridized carbons (Fsp3) is 0.211. The number of nitrogen functional groups attached to an aromatic ring is 3. The molecule has 3 aromatic rings. The number of hydrogen-bond acceptors (Lipinski definition) is 9. The van der Waals surface area contributed by atoms with Crippen LogP contribution < -0.4 is 22.1 Å². The van der Waals surface area contributed by atoms with Crippen molar-refractivity contribution in [3.63, 3.8) is 0 Å². The predicted octanol–water partition coefficient (Wildman–Crippen LogP) is 2.34. The van der Waals surface area contributed by atoms with E-state index in [2.05, 4.69) is 15.0 Å². The summed E-state index contributed by atoms with van der Waals surface area (Å²) in [4.78, 5) is 24.7. The molecule has 29 heavy (non-hydrogen) atoms. The summed E-state index contributed by atoms with van der Waals surface area (Å²) in [7, 11) is 0. The van der Waals surface area contributed by atoms with Crippen molar-refractivity contribution in [2.24, 2.45) is 0 Å². The van der Waals surface area contributed by atoms with Gasteiger partial charge < -0.3 is 22.1 Å². The van der Waals surface area contributed by atoms with Crippen LogP contribution in [0.25, 0.3) is 0 Å². The fourth-order valence-electron chi connectivity index (χ4n) is 2.98. The molecule has 0 amide bonds. The van der Waals surface area contributed by atoms with Crippen LogP contribution in [0.4, 0.5) is 29.2 Å². The topological polar surface area (TPSA) is 163 Å². The molecule has 1 aromatic heterocycles. The van der Waals surface area contributed by atoms with E-state index in [0.717, 1.165) is 11.1 Å². The van der Waals surface area contributed by atoms with Crippen LogP contribution in [-0.2, 0) is 6.42 Å². The quantitative estimate of drug-likeness (QED) is 0.310. The molecule has 0 aliphatic heterocycles. The highest BCUT2D eigenvalue weighted by molar-refractivity contribution is 5.45. The Morgan fingerprint density at radius 3 is 2.10 bits per heavy atom. The molecule has 0 aliphatic carbocycles. The summed E-state index contributed by atoms with van der Waals surface area (Å²) in [6, 6.07) is 13.8. The normalized spacial score (nSPS) is 11.8. The number of anilines is 4. The molecule has 1 atom stereocenters. The first-order valence-electron chi connectivity index (χ1n) is 8.96. The SMILES string of the molecule is C[C@@H](c1ccc([N+](=O)[O-])cc1)N(CCc1ccc(N)cc1)c1nc(N)nc(N)n1. The number of nitrogens with two attached hydrogens (primary N) is 3. The summed E-state index contributed by atoms with van der Waals surface area (Å²) in [5, 5.41) is 10.9. The Labute approximate surface area is 167 Å². The third kappa shape index (κ3) is 4.86. The Hall–Kier alpha value is -3.95. The van der Waals surface area contributed by atoms with Gasteiger partial charge in [-0.2, -0.15) is 15.0 Å². The minimum absolute atomic E-state index is 0.0286. The molecule has 150 valence electrons. The molecule has 10 nitrogen and oxygen atoms in total. The van der Waals surface area contributed by atoms with Crippen LogP contribution in [-0.4, -0.2) is 26.4 Å². The smallest absolute Gasteiger partial charge is 0.269 e. The van der Waals surface area contributed by atoms with Gasteiger partial charge in [0.05, 0.1) is 11.0 Å². The zero-order valence-electron chi connectivity index (χ0n) is 15.9. The summed E-state index contributed by atoms with van der Waals surface area (Å²) in [6.07, 6.45) is 0.698. The zero-order valence-corrected chi connectivity index (χ0v) is 15.9. The van der Waals surface area contributed by atoms with Crippen LogP contribution in [0.1, 0.15) is 24.1 Å². The molecular formula is C19H22N8O2. The van der Waals surface area contributed by atoms with Crippen molar-refractivity contribution in [3.05, 3.63) is 69.8 Å². The fourth-order valence-corrected chi connectivity index (χ4v) is 2.98. The van der Waals surface area contributed by atoms with Crippen LogP contribution in [0.2, 0.25) is 0 Å². The van der Waals surface area contributed by atoms with Gasteiger partial charge in [0.2, 0.25) is 17.8 Å². The van der Waals surface area contributed by atoms with E-state index in [0.29, 0.717) is 24.6 Å². The Morgan fingerprint density at radius 1 is 0.966 bits per heavy atom. The zero-order chi connectivity index (χ0) is 21.0. The van der Waals surface area contributed by atoms with Crippen LogP contribution in [0, 0.1) is 10.1 Å². The van der Waals surface area contributed by atoms with Crippen molar-refractivity contribution in [3.8, 4) is 0 Å². The Morgan fingerprint density at radius 2 is 1.55 bits per heavy atom. The van der Waals surface area contributed by atoms with E-state index in [1.54, 1.807) is 12.1 Å². The average Bonchev–Trinajstić information content (AvgIpc) is 2.68. The first-order valence-corrected chi connectivity index (χ1v) is 8.96. The summed E-state index contributed by atoms with van der Waals surface area (Å²) in [5.74, 6) is 0.401. The predicted molar refractivity (Wildman–Crippen MR) is 112 cm³/mol. The van der Waals surface area contributed by atoms with Gasteiger partial charge in [-0.15, -0.1) is 0 Å². The summed E-state index contributed by atoms with van der Waals surface area (Å²) < 4.78 is 0. The van der Waals surface area contributed by atoms with Gasteiger partial charge in [-0.3, -0.25) is 10.1 Å². The summed E-state index contributed by atoms with van der Waals surface area (Å²) >= 11 is 0. The lowest BCUT2D eigenvalue weighted by atomic mass is 10.1. The molecule has 6 N–H and O–H groups in total. The second-order valence-corrected chi connectivity index (χ2v) is 6.56. The molecule has 0 saturated heterocycles. The van der Waals surface area contributed by atoms with Gasteiger partial charge >= 0.3 is 0 Å². The van der Waals surface area contributed by atoms with Gasteiger partial charge in [0.15, 0.2) is 0 Å². The molecule has 0 aliphatic rings. The maximum atomic E-state index is 10.9. The van der Waals surface area contributed by atoms with E-state index < -0.39 is 4.92 Å². The van der Waals surface area contributed by atoms with Crippen molar-refractivity contribution in [1.29, 1.82) is 0 Å². The molecule has 1 heterocycles. The minimum Gasteiger partial charge on any atom is -0.399 e. The third-order valence-corrected chi connectivity index (χ3v) is 4.59. The van der Waals surface area contributed by atoms with Crippen LogP contribution in [0.5, 0.6) is 0 Å². The van der Waals surface area contributed by atoms with Crippen molar-refractivity contribution in [2.45, 2.75) is 19.4 Å². The van der Waals surface area contributed by atoms with Gasteiger partial charge in [-0.05, 0) is 36.6 Å². The Balaban J connectivity index is 1.90. The lowest BCUT2D eigenvalue weighted by Gasteiger charge is -2.30. The lowest BCUT2D eigenvalue weighted by molar-refractivity contribution is -0.384. The van der Waals surface area contributed by atoms with E-state index in [4.69, 9.17) is 17.2 Å². The van der Waals surface area contributed by atoms with Crippen LogP contribution in [0.15, 0.2) is 48.5 Å². The highest BCUT2D eigenvalue weighted by Gasteiger charge is 2.21. The number of nitrogens with zero attached hydrogens (tertiary/aromatic N) is 5. The highest BCUT2D eigenvalue weighted by atomic mass is 16.6. The van der Waals surface area contributed by atoms with E-state index in [1.165, 1.54) is 12.1 Å². The molecule has 2 aromatic carbocycles. The molecular weight excluding hydrogens is 372 g/mol. The first kappa shape index (κ1) is 19.8. The van der Waals surface area contributed by atoms with E-state index in [-0.39, 0.29) is 23.6 Å².